The van der Waals surface area contributed by atoms with Crippen molar-refractivity contribution in [2.24, 2.45) is 0 Å². The number of halogens is 1. The van der Waals surface area contributed by atoms with Crippen LogP contribution >= 0.6 is 22.6 Å². The lowest BCUT2D eigenvalue weighted by Gasteiger charge is -2.13. The van der Waals surface area contributed by atoms with E-state index in [-0.39, 0.29) is 21.1 Å². The van der Waals surface area contributed by atoms with Crippen molar-refractivity contribution in [3.05, 3.63) is 19.7 Å². The molecule has 0 fully saturated rings. The van der Waals surface area contributed by atoms with Crippen LogP contribution in [0.2, 0.25) is 0 Å². The standard InChI is InChI=1S/C9H13IN2O3/c1-3-4-5(15-2)7-11-8(13)6(10)9(14)12-7/h5H,3-4H2,1-2H3,(H2,11,12,13,14). The van der Waals surface area contributed by atoms with E-state index < -0.39 is 0 Å². The summed E-state index contributed by atoms with van der Waals surface area (Å²) < 4.78 is 5.38. The van der Waals surface area contributed by atoms with Gasteiger partial charge in [0.05, 0.1) is 0 Å². The first-order chi connectivity index (χ1) is 7.10. The molecule has 0 bridgehead atoms. The van der Waals surface area contributed by atoms with Crippen molar-refractivity contribution < 1.29 is 9.84 Å². The molecule has 0 aliphatic rings. The second-order valence-electron chi connectivity index (χ2n) is 3.10. The molecule has 1 heterocycles. The fraction of sp³-hybridized carbons (Fsp3) is 0.556. The third kappa shape index (κ3) is 2.91. The zero-order valence-electron chi connectivity index (χ0n) is 8.58. The van der Waals surface area contributed by atoms with Crippen LogP contribution in [0.3, 0.4) is 0 Å². The van der Waals surface area contributed by atoms with Gasteiger partial charge in [0.2, 0.25) is 5.88 Å². The van der Waals surface area contributed by atoms with Crippen molar-refractivity contribution in [3.63, 3.8) is 0 Å². The molecular formula is C9H13IN2O3. The largest absolute Gasteiger partial charge is 0.492 e. The molecule has 1 rings (SSSR count). The van der Waals surface area contributed by atoms with Gasteiger partial charge in [0.25, 0.3) is 5.56 Å². The fourth-order valence-corrected chi connectivity index (χ4v) is 1.50. The summed E-state index contributed by atoms with van der Waals surface area (Å²) in [5, 5.41) is 9.40. The Kier molecular flexibility index (Phi) is 4.52. The SMILES string of the molecule is CCCC(OC)c1nc(O)c(I)c(=O)[nH]1. The van der Waals surface area contributed by atoms with E-state index >= 15 is 0 Å². The molecule has 0 saturated carbocycles. The van der Waals surface area contributed by atoms with Crippen LogP contribution < -0.4 is 5.56 Å². The molecule has 0 radical (unpaired) electrons. The summed E-state index contributed by atoms with van der Waals surface area (Å²) >= 11 is 1.75. The van der Waals surface area contributed by atoms with Gasteiger partial charge in [0.1, 0.15) is 15.5 Å². The number of rotatable bonds is 4. The lowest BCUT2D eigenvalue weighted by molar-refractivity contribution is 0.0867. The number of hydrogen-bond acceptors (Lipinski definition) is 4. The van der Waals surface area contributed by atoms with E-state index in [2.05, 4.69) is 9.97 Å². The van der Waals surface area contributed by atoms with Crippen LogP contribution in [0.1, 0.15) is 31.7 Å². The van der Waals surface area contributed by atoms with Crippen molar-refractivity contribution in [1.29, 1.82) is 0 Å². The Morgan fingerprint density at radius 2 is 2.33 bits per heavy atom. The average Bonchev–Trinajstić information content (AvgIpc) is 2.22. The Balaban J connectivity index is 3.09. The van der Waals surface area contributed by atoms with Crippen LogP contribution in [-0.4, -0.2) is 22.2 Å². The minimum absolute atomic E-state index is 0.197. The Hall–Kier alpha value is -0.630. The number of nitrogens with zero attached hydrogens (tertiary/aromatic N) is 1. The molecule has 0 saturated heterocycles. The van der Waals surface area contributed by atoms with Gasteiger partial charge in [-0.3, -0.25) is 4.79 Å². The molecule has 6 heteroatoms. The highest BCUT2D eigenvalue weighted by Gasteiger charge is 2.15. The highest BCUT2D eigenvalue weighted by molar-refractivity contribution is 14.1. The maximum Gasteiger partial charge on any atom is 0.268 e. The predicted octanol–water partition coefficient (Wildman–Crippen LogP) is 1.57. The summed E-state index contributed by atoms with van der Waals surface area (Å²) in [6.07, 6.45) is 1.39. The fourth-order valence-electron chi connectivity index (χ4n) is 1.24. The van der Waals surface area contributed by atoms with Crippen LogP contribution in [0.15, 0.2) is 4.79 Å². The van der Waals surface area contributed by atoms with E-state index in [1.165, 1.54) is 0 Å². The average molecular weight is 324 g/mol. The Labute approximate surface area is 101 Å². The summed E-state index contributed by atoms with van der Waals surface area (Å²) in [6.45, 7) is 2.01. The Morgan fingerprint density at radius 1 is 1.67 bits per heavy atom. The molecule has 1 aromatic rings. The number of nitrogens with one attached hydrogen (secondary N) is 1. The number of hydrogen-bond donors (Lipinski definition) is 2. The van der Waals surface area contributed by atoms with E-state index in [1.807, 2.05) is 6.92 Å². The molecule has 0 amide bonds. The normalized spacial score (nSPS) is 12.7. The van der Waals surface area contributed by atoms with Gasteiger partial charge >= 0.3 is 0 Å². The zero-order chi connectivity index (χ0) is 11.4. The summed E-state index contributed by atoms with van der Waals surface area (Å²) in [6, 6.07) is 0. The Bertz CT molecular complexity index is 391. The quantitative estimate of drug-likeness (QED) is 0.825. The van der Waals surface area contributed by atoms with Gasteiger partial charge in [-0.15, -0.1) is 0 Å². The summed E-state index contributed by atoms with van der Waals surface area (Å²) in [7, 11) is 1.55. The second-order valence-corrected chi connectivity index (χ2v) is 4.18. The molecule has 0 aliphatic carbocycles. The van der Waals surface area contributed by atoms with Crippen LogP contribution in [0.5, 0.6) is 5.88 Å². The van der Waals surface area contributed by atoms with Gasteiger partial charge in [-0.05, 0) is 29.0 Å². The van der Waals surface area contributed by atoms with Crippen LogP contribution in [0, 0.1) is 3.57 Å². The third-order valence-electron chi connectivity index (χ3n) is 2.00. The molecule has 0 aromatic carbocycles. The van der Waals surface area contributed by atoms with E-state index in [1.54, 1.807) is 29.7 Å². The van der Waals surface area contributed by atoms with E-state index in [0.717, 1.165) is 12.8 Å². The smallest absolute Gasteiger partial charge is 0.268 e. The number of aromatic hydroxyl groups is 1. The highest BCUT2D eigenvalue weighted by atomic mass is 127. The van der Waals surface area contributed by atoms with Gasteiger partial charge in [-0.1, -0.05) is 13.3 Å². The molecule has 1 aromatic heterocycles. The molecule has 84 valence electrons. The van der Waals surface area contributed by atoms with Gasteiger partial charge in [0.15, 0.2) is 0 Å². The number of aromatic amines is 1. The monoisotopic (exact) mass is 324 g/mol. The minimum atomic E-state index is -0.337. The first-order valence-corrected chi connectivity index (χ1v) is 5.69. The molecule has 0 spiro atoms. The first-order valence-electron chi connectivity index (χ1n) is 4.61. The van der Waals surface area contributed by atoms with Crippen LogP contribution in [-0.2, 0) is 4.74 Å². The van der Waals surface area contributed by atoms with E-state index in [4.69, 9.17) is 4.74 Å². The summed E-state index contributed by atoms with van der Waals surface area (Å²) in [4.78, 5) is 17.9. The molecule has 5 nitrogen and oxygen atoms in total. The molecule has 0 aliphatic heterocycles. The molecule has 1 unspecified atom stereocenters. The van der Waals surface area contributed by atoms with Crippen molar-refractivity contribution >= 4 is 22.6 Å². The molecule has 1 atom stereocenters. The van der Waals surface area contributed by atoms with E-state index in [0.29, 0.717) is 5.82 Å². The number of aromatic nitrogens is 2. The van der Waals surface area contributed by atoms with E-state index in [9.17, 15) is 9.90 Å². The van der Waals surface area contributed by atoms with Crippen molar-refractivity contribution in [3.8, 4) is 5.88 Å². The van der Waals surface area contributed by atoms with Crippen molar-refractivity contribution in [2.45, 2.75) is 25.9 Å². The Morgan fingerprint density at radius 3 is 2.80 bits per heavy atom. The zero-order valence-corrected chi connectivity index (χ0v) is 10.7. The molecule has 2 N–H and O–H groups in total. The van der Waals surface area contributed by atoms with Gasteiger partial charge in [-0.25, -0.2) is 0 Å². The maximum atomic E-state index is 11.4. The van der Waals surface area contributed by atoms with Crippen LogP contribution in [0.4, 0.5) is 0 Å². The molecular weight excluding hydrogens is 311 g/mol. The number of ether oxygens (including phenoxy) is 1. The summed E-state index contributed by atoms with van der Waals surface area (Å²) in [5.74, 6) is 0.134. The highest BCUT2D eigenvalue weighted by Crippen LogP contribution is 2.20. The second kappa shape index (κ2) is 5.45. The topological polar surface area (TPSA) is 75.2 Å². The van der Waals surface area contributed by atoms with Crippen molar-refractivity contribution in [2.75, 3.05) is 7.11 Å². The van der Waals surface area contributed by atoms with Gasteiger partial charge in [0, 0.05) is 7.11 Å². The van der Waals surface area contributed by atoms with Gasteiger partial charge in [-0.2, -0.15) is 4.98 Å². The van der Waals surface area contributed by atoms with Crippen LogP contribution in [0.25, 0.3) is 0 Å². The lowest BCUT2D eigenvalue weighted by atomic mass is 10.2. The van der Waals surface area contributed by atoms with Crippen molar-refractivity contribution in [1.82, 2.24) is 9.97 Å². The number of methoxy groups -OCH3 is 1. The predicted molar refractivity (Wildman–Crippen MR) is 63.9 cm³/mol. The minimum Gasteiger partial charge on any atom is -0.492 e. The first kappa shape index (κ1) is 12.4. The third-order valence-corrected chi connectivity index (χ3v) is 2.98. The maximum absolute atomic E-state index is 11.4. The summed E-state index contributed by atoms with van der Waals surface area (Å²) in [5.41, 5.74) is -0.337. The number of H-pyrrole nitrogens is 1. The van der Waals surface area contributed by atoms with Gasteiger partial charge < -0.3 is 14.8 Å². The molecule has 15 heavy (non-hydrogen) atoms. The lowest BCUT2D eigenvalue weighted by Crippen LogP contribution is -2.17.